The Balaban J connectivity index is 2.12. The summed E-state index contributed by atoms with van der Waals surface area (Å²) in [7, 11) is -7.89. The Morgan fingerprint density at radius 3 is 1.24 bits per heavy atom. The minimum absolute atomic E-state index is 0.0670. The minimum atomic E-state index is -3.95. The second-order valence-corrected chi connectivity index (χ2v) is 10.5. The molecular formula is C21H28O6S2. The predicted molar refractivity (Wildman–Crippen MR) is 112 cm³/mol. The van der Waals surface area contributed by atoms with Crippen LogP contribution in [0.3, 0.4) is 0 Å². The molecule has 0 N–H and O–H groups in total. The van der Waals surface area contributed by atoms with Crippen LogP contribution < -0.4 is 0 Å². The number of rotatable bonds is 10. The quantitative estimate of drug-likeness (QED) is 0.514. The molecule has 0 aromatic heterocycles. The zero-order chi connectivity index (χ0) is 21.7. The molecule has 0 saturated heterocycles. The molecule has 0 saturated carbocycles. The van der Waals surface area contributed by atoms with Crippen molar-refractivity contribution in [1.82, 2.24) is 0 Å². The molecule has 0 fully saturated rings. The van der Waals surface area contributed by atoms with Crippen LogP contribution in [0, 0.1) is 19.3 Å². The minimum Gasteiger partial charge on any atom is -0.266 e. The third kappa shape index (κ3) is 6.12. The predicted octanol–water partition coefficient (Wildman–Crippen LogP) is 4.22. The molecule has 0 aliphatic rings. The second-order valence-electron chi connectivity index (χ2n) is 7.27. The van der Waals surface area contributed by atoms with Crippen molar-refractivity contribution < 1.29 is 25.2 Å². The van der Waals surface area contributed by atoms with Gasteiger partial charge >= 0.3 is 0 Å². The molecule has 29 heavy (non-hydrogen) atoms. The van der Waals surface area contributed by atoms with E-state index < -0.39 is 25.7 Å². The van der Waals surface area contributed by atoms with Crippen molar-refractivity contribution in [2.75, 3.05) is 13.2 Å². The van der Waals surface area contributed by atoms with Crippen LogP contribution in [0.2, 0.25) is 0 Å². The van der Waals surface area contributed by atoms with E-state index in [1.807, 2.05) is 27.7 Å². The standard InChI is InChI=1S/C21H28O6S2/c1-5-21(6-2,15-26-28(22,23)19-11-7-17(3)8-12-19)16-27-29(24,25)20-13-9-18(4)10-14-20/h7-14H,5-6,15-16H2,1-4H3. The van der Waals surface area contributed by atoms with Crippen molar-refractivity contribution >= 4 is 20.2 Å². The molecule has 0 unspecified atom stereocenters. The van der Waals surface area contributed by atoms with E-state index in [0.717, 1.165) is 11.1 Å². The van der Waals surface area contributed by atoms with E-state index in [1.54, 1.807) is 24.3 Å². The van der Waals surface area contributed by atoms with E-state index in [4.69, 9.17) is 8.37 Å². The second kappa shape index (κ2) is 9.38. The van der Waals surface area contributed by atoms with Gasteiger partial charge in [-0.1, -0.05) is 49.2 Å². The molecule has 0 radical (unpaired) electrons. The lowest BCUT2D eigenvalue weighted by Gasteiger charge is -2.30. The lowest BCUT2D eigenvalue weighted by Crippen LogP contribution is -2.33. The smallest absolute Gasteiger partial charge is 0.266 e. The monoisotopic (exact) mass is 440 g/mol. The highest BCUT2D eigenvalue weighted by Gasteiger charge is 2.32. The van der Waals surface area contributed by atoms with Gasteiger partial charge in [-0.15, -0.1) is 0 Å². The number of hydrogen-bond acceptors (Lipinski definition) is 6. The third-order valence-corrected chi connectivity index (χ3v) is 7.72. The summed E-state index contributed by atoms with van der Waals surface area (Å²) < 4.78 is 60.6. The first-order valence-corrected chi connectivity index (χ1v) is 12.3. The summed E-state index contributed by atoms with van der Waals surface area (Å²) >= 11 is 0. The van der Waals surface area contributed by atoms with Crippen LogP contribution in [0.25, 0.3) is 0 Å². The molecule has 0 bridgehead atoms. The van der Waals surface area contributed by atoms with Gasteiger partial charge in [0, 0.05) is 5.41 Å². The lowest BCUT2D eigenvalue weighted by atomic mass is 9.84. The number of hydrogen-bond donors (Lipinski definition) is 0. The zero-order valence-corrected chi connectivity index (χ0v) is 18.8. The van der Waals surface area contributed by atoms with Gasteiger partial charge in [-0.3, -0.25) is 8.37 Å². The Labute approximate surface area is 174 Å². The van der Waals surface area contributed by atoms with Gasteiger partial charge in [-0.2, -0.15) is 16.8 Å². The Morgan fingerprint density at radius 1 is 0.655 bits per heavy atom. The fourth-order valence-corrected chi connectivity index (χ4v) is 4.67. The van der Waals surface area contributed by atoms with Crippen molar-refractivity contribution in [3.8, 4) is 0 Å². The van der Waals surface area contributed by atoms with Crippen molar-refractivity contribution in [2.45, 2.75) is 50.3 Å². The fourth-order valence-electron chi connectivity index (χ4n) is 2.65. The van der Waals surface area contributed by atoms with Crippen molar-refractivity contribution in [2.24, 2.45) is 5.41 Å². The van der Waals surface area contributed by atoms with E-state index in [-0.39, 0.29) is 23.0 Å². The molecule has 2 rings (SSSR count). The summed E-state index contributed by atoms with van der Waals surface area (Å²) in [6.45, 7) is 7.10. The van der Waals surface area contributed by atoms with Crippen LogP contribution in [0.1, 0.15) is 37.8 Å². The van der Waals surface area contributed by atoms with Gasteiger partial charge in [0.1, 0.15) is 0 Å². The summed E-state index contributed by atoms with van der Waals surface area (Å²) in [6.07, 6.45) is 0.993. The molecular weight excluding hydrogens is 412 g/mol. The lowest BCUT2D eigenvalue weighted by molar-refractivity contribution is 0.0767. The van der Waals surface area contributed by atoms with Gasteiger partial charge in [0.15, 0.2) is 0 Å². The number of aryl methyl sites for hydroxylation is 2. The molecule has 0 atom stereocenters. The van der Waals surface area contributed by atoms with Gasteiger partial charge in [-0.05, 0) is 51.0 Å². The van der Waals surface area contributed by atoms with Gasteiger partial charge in [0.2, 0.25) is 0 Å². The maximum atomic E-state index is 12.5. The first-order valence-electron chi connectivity index (χ1n) is 9.46. The highest BCUT2D eigenvalue weighted by atomic mass is 32.2. The van der Waals surface area contributed by atoms with Crippen LogP contribution in [0.5, 0.6) is 0 Å². The van der Waals surface area contributed by atoms with Gasteiger partial charge < -0.3 is 0 Å². The SMILES string of the molecule is CCC(CC)(COS(=O)(=O)c1ccc(C)cc1)COS(=O)(=O)c1ccc(C)cc1. The average molecular weight is 441 g/mol. The summed E-state index contributed by atoms with van der Waals surface area (Å²) in [5, 5.41) is 0. The maximum absolute atomic E-state index is 12.5. The summed E-state index contributed by atoms with van der Waals surface area (Å²) in [5.41, 5.74) is 1.13. The number of benzene rings is 2. The molecule has 8 heteroatoms. The molecule has 0 aliphatic heterocycles. The normalized spacial score (nSPS) is 12.8. The highest BCUT2D eigenvalue weighted by molar-refractivity contribution is 7.87. The summed E-state index contributed by atoms with van der Waals surface area (Å²) in [6, 6.07) is 12.7. The summed E-state index contributed by atoms with van der Waals surface area (Å²) in [4.78, 5) is 0.134. The Hall–Kier alpha value is -1.74. The maximum Gasteiger partial charge on any atom is 0.296 e. The van der Waals surface area contributed by atoms with Crippen LogP contribution in [-0.4, -0.2) is 30.0 Å². The van der Waals surface area contributed by atoms with E-state index in [2.05, 4.69) is 0 Å². The van der Waals surface area contributed by atoms with Crippen molar-refractivity contribution in [1.29, 1.82) is 0 Å². The van der Waals surface area contributed by atoms with E-state index in [1.165, 1.54) is 24.3 Å². The van der Waals surface area contributed by atoms with E-state index >= 15 is 0 Å². The molecule has 0 amide bonds. The molecule has 6 nitrogen and oxygen atoms in total. The van der Waals surface area contributed by atoms with Crippen LogP contribution in [0.4, 0.5) is 0 Å². The molecule has 2 aromatic rings. The Morgan fingerprint density at radius 2 is 0.966 bits per heavy atom. The fraction of sp³-hybridized carbons (Fsp3) is 0.429. The van der Waals surface area contributed by atoms with Gasteiger partial charge in [0.05, 0.1) is 23.0 Å². The molecule has 0 spiro atoms. The van der Waals surface area contributed by atoms with Crippen LogP contribution >= 0.6 is 0 Å². The third-order valence-electron chi connectivity index (χ3n) is 5.16. The van der Waals surface area contributed by atoms with Gasteiger partial charge in [0.25, 0.3) is 20.2 Å². The van der Waals surface area contributed by atoms with Crippen molar-refractivity contribution in [3.63, 3.8) is 0 Å². The molecule has 2 aromatic carbocycles. The van der Waals surface area contributed by atoms with E-state index in [0.29, 0.717) is 12.8 Å². The Bertz CT molecular complexity index is 922. The van der Waals surface area contributed by atoms with E-state index in [9.17, 15) is 16.8 Å². The largest absolute Gasteiger partial charge is 0.296 e. The highest BCUT2D eigenvalue weighted by Crippen LogP contribution is 2.30. The van der Waals surface area contributed by atoms with Crippen LogP contribution in [-0.2, 0) is 28.6 Å². The van der Waals surface area contributed by atoms with Crippen LogP contribution in [0.15, 0.2) is 58.3 Å². The first-order chi connectivity index (χ1) is 13.5. The molecule has 160 valence electrons. The average Bonchev–Trinajstić information content (AvgIpc) is 2.69. The molecule has 0 heterocycles. The molecule has 0 aliphatic carbocycles. The zero-order valence-electron chi connectivity index (χ0n) is 17.2. The topological polar surface area (TPSA) is 86.7 Å². The Kier molecular flexibility index (Phi) is 7.62. The first kappa shape index (κ1) is 23.5. The summed E-state index contributed by atoms with van der Waals surface area (Å²) in [5.74, 6) is 0. The van der Waals surface area contributed by atoms with Gasteiger partial charge in [-0.25, -0.2) is 0 Å². The van der Waals surface area contributed by atoms with Crippen molar-refractivity contribution in [3.05, 3.63) is 59.7 Å².